The number of halogens is 2. The number of nitrogen functional groups attached to an aromatic ring is 2. The van der Waals surface area contributed by atoms with Crippen LogP contribution in [0.4, 0.5) is 11.5 Å². The van der Waals surface area contributed by atoms with Crippen molar-refractivity contribution in [3.63, 3.8) is 0 Å². The van der Waals surface area contributed by atoms with E-state index in [4.69, 9.17) is 11.5 Å². The normalized spacial score (nSPS) is 9.60. The minimum atomic E-state index is 0. The topological polar surface area (TPSA) is 90.7 Å². The van der Waals surface area contributed by atoms with E-state index < -0.39 is 0 Å². The predicted octanol–water partition coefficient (Wildman–Crippen LogP) is 3.34. The van der Waals surface area contributed by atoms with Crippen LogP contribution in [0, 0.1) is 0 Å². The van der Waals surface area contributed by atoms with Crippen molar-refractivity contribution in [3.8, 4) is 21.3 Å². The lowest BCUT2D eigenvalue weighted by atomic mass is 10.2. The van der Waals surface area contributed by atoms with Crippen molar-refractivity contribution in [1.82, 2.24) is 15.0 Å². The van der Waals surface area contributed by atoms with E-state index in [9.17, 15) is 0 Å². The Morgan fingerprint density at radius 3 is 2.50 bits per heavy atom. The number of aromatic nitrogens is 3. The van der Waals surface area contributed by atoms with Gasteiger partial charge in [-0.15, -0.1) is 47.5 Å². The molecule has 5 nitrogen and oxygen atoms in total. The molecule has 20 heavy (non-hydrogen) atoms. The summed E-state index contributed by atoms with van der Waals surface area (Å²) in [5.74, 6) is 0.434. The van der Waals surface area contributed by atoms with Crippen molar-refractivity contribution < 1.29 is 0 Å². The van der Waals surface area contributed by atoms with Gasteiger partial charge in [-0.3, -0.25) is 0 Å². The molecule has 0 bridgehead atoms. The first-order valence-corrected chi connectivity index (χ1v) is 6.87. The quantitative estimate of drug-likeness (QED) is 0.741. The first-order chi connectivity index (χ1) is 8.74. The highest BCUT2D eigenvalue weighted by Crippen LogP contribution is 2.32. The summed E-state index contributed by atoms with van der Waals surface area (Å²) in [4.78, 5) is 12.8. The Hall–Kier alpha value is -1.41. The van der Waals surface area contributed by atoms with Crippen LogP contribution in [0.15, 0.2) is 29.2 Å². The number of pyridine rings is 1. The highest BCUT2D eigenvalue weighted by atomic mass is 35.5. The van der Waals surface area contributed by atoms with Gasteiger partial charge in [-0.25, -0.2) is 15.0 Å². The maximum atomic E-state index is 5.84. The fourth-order valence-corrected chi connectivity index (χ4v) is 3.01. The van der Waals surface area contributed by atoms with Crippen molar-refractivity contribution in [1.29, 1.82) is 0 Å². The molecule has 3 rings (SSSR count). The van der Waals surface area contributed by atoms with Crippen molar-refractivity contribution >= 4 is 59.0 Å². The van der Waals surface area contributed by atoms with Gasteiger partial charge in [0, 0.05) is 17.0 Å². The van der Waals surface area contributed by atoms with Gasteiger partial charge in [-0.1, -0.05) is 0 Å². The van der Waals surface area contributed by atoms with Crippen LogP contribution in [-0.4, -0.2) is 15.0 Å². The van der Waals surface area contributed by atoms with Gasteiger partial charge in [0.05, 0.1) is 17.4 Å². The van der Waals surface area contributed by atoms with Crippen molar-refractivity contribution in [2.24, 2.45) is 0 Å². The molecule has 0 fully saturated rings. The first-order valence-electron chi connectivity index (χ1n) is 5.11. The van der Waals surface area contributed by atoms with Crippen LogP contribution in [0.5, 0.6) is 0 Å². The van der Waals surface area contributed by atoms with E-state index in [1.807, 2.05) is 10.8 Å². The number of hydrogen-bond donors (Lipinski definition) is 2. The summed E-state index contributed by atoms with van der Waals surface area (Å²) >= 11 is 3.06. The van der Waals surface area contributed by atoms with Gasteiger partial charge in [0.1, 0.15) is 21.5 Å². The smallest absolute Gasteiger partial charge is 0.142 e. The van der Waals surface area contributed by atoms with Gasteiger partial charge in [0.2, 0.25) is 0 Å². The number of hydrogen-bond acceptors (Lipinski definition) is 7. The highest BCUT2D eigenvalue weighted by molar-refractivity contribution is 7.15. The van der Waals surface area contributed by atoms with Crippen LogP contribution in [0.25, 0.3) is 21.3 Å². The van der Waals surface area contributed by atoms with E-state index in [0.717, 1.165) is 21.3 Å². The lowest BCUT2D eigenvalue weighted by molar-refractivity contribution is 1.31. The molecule has 0 radical (unpaired) electrons. The third-order valence-corrected chi connectivity index (χ3v) is 4.00. The molecule has 0 atom stereocenters. The second kappa shape index (κ2) is 6.85. The van der Waals surface area contributed by atoms with Crippen molar-refractivity contribution in [2.75, 3.05) is 11.5 Å². The molecule has 9 heteroatoms. The zero-order valence-corrected chi connectivity index (χ0v) is 13.3. The molecular weight excluding hydrogens is 337 g/mol. The molecule has 106 valence electrons. The molecule has 4 N–H and O–H groups in total. The lowest BCUT2D eigenvalue weighted by Crippen LogP contribution is -1.96. The molecule has 0 aliphatic rings. The molecule has 0 saturated heterocycles. The monoisotopic (exact) mass is 347 g/mol. The molecule has 0 aromatic carbocycles. The Morgan fingerprint density at radius 2 is 1.80 bits per heavy atom. The summed E-state index contributed by atoms with van der Waals surface area (Å²) in [5.41, 5.74) is 13.7. The van der Waals surface area contributed by atoms with E-state index in [1.54, 1.807) is 23.6 Å². The third-order valence-electron chi connectivity index (χ3n) is 2.33. The van der Waals surface area contributed by atoms with Crippen LogP contribution >= 0.6 is 47.5 Å². The van der Waals surface area contributed by atoms with E-state index in [2.05, 4.69) is 15.0 Å². The van der Waals surface area contributed by atoms with E-state index in [0.29, 0.717) is 11.5 Å². The summed E-state index contributed by atoms with van der Waals surface area (Å²) < 4.78 is 0. The van der Waals surface area contributed by atoms with Crippen LogP contribution in [0.1, 0.15) is 0 Å². The highest BCUT2D eigenvalue weighted by Gasteiger charge is 2.11. The van der Waals surface area contributed by atoms with Gasteiger partial charge in [0.25, 0.3) is 0 Å². The molecule has 0 aliphatic carbocycles. The predicted molar refractivity (Wildman–Crippen MR) is 89.8 cm³/mol. The number of anilines is 2. The third kappa shape index (κ3) is 3.18. The summed E-state index contributed by atoms with van der Waals surface area (Å²) in [5, 5.41) is 5.58. The fourth-order valence-electron chi connectivity index (χ4n) is 1.51. The Kier molecular flexibility index (Phi) is 5.70. The molecule has 0 spiro atoms. The van der Waals surface area contributed by atoms with Crippen LogP contribution in [-0.2, 0) is 0 Å². The van der Waals surface area contributed by atoms with E-state index in [1.165, 1.54) is 17.5 Å². The Bertz CT molecular complexity index is 684. The van der Waals surface area contributed by atoms with Crippen LogP contribution < -0.4 is 11.5 Å². The molecule has 3 heterocycles. The van der Waals surface area contributed by atoms with E-state index in [-0.39, 0.29) is 24.8 Å². The molecule has 0 amide bonds. The van der Waals surface area contributed by atoms with Crippen molar-refractivity contribution in [2.45, 2.75) is 0 Å². The van der Waals surface area contributed by atoms with Gasteiger partial charge < -0.3 is 11.5 Å². The van der Waals surface area contributed by atoms with Gasteiger partial charge in [0.15, 0.2) is 0 Å². The second-order valence-corrected chi connectivity index (χ2v) is 5.33. The number of thiazole rings is 2. The van der Waals surface area contributed by atoms with Gasteiger partial charge >= 0.3 is 0 Å². The molecule has 0 unspecified atom stereocenters. The minimum absolute atomic E-state index is 0. The molecule has 0 aliphatic heterocycles. The number of nitrogens with zero attached hydrogens (tertiary/aromatic N) is 3. The van der Waals surface area contributed by atoms with Crippen LogP contribution in [0.3, 0.4) is 0 Å². The molecule has 0 saturated carbocycles. The zero-order chi connectivity index (χ0) is 12.5. The summed E-state index contributed by atoms with van der Waals surface area (Å²) in [7, 11) is 0. The molecule has 3 aromatic rings. The Balaban J connectivity index is 0.000001000. The van der Waals surface area contributed by atoms with Gasteiger partial charge in [-0.2, -0.15) is 0 Å². The fraction of sp³-hybridized carbons (Fsp3) is 0. The molecule has 3 aromatic heterocycles. The Morgan fingerprint density at radius 1 is 1.00 bits per heavy atom. The van der Waals surface area contributed by atoms with E-state index >= 15 is 0 Å². The number of rotatable bonds is 2. The van der Waals surface area contributed by atoms with Gasteiger partial charge in [-0.05, 0) is 6.07 Å². The summed E-state index contributed by atoms with van der Waals surface area (Å²) in [6.07, 6.45) is 3.30. The van der Waals surface area contributed by atoms with Crippen molar-refractivity contribution in [3.05, 3.63) is 29.2 Å². The summed E-state index contributed by atoms with van der Waals surface area (Å²) in [6.45, 7) is 0. The zero-order valence-electron chi connectivity index (χ0n) is 10.0. The largest absolute Gasteiger partial charge is 0.397 e. The standard InChI is InChI=1S/C11H9N5S2.2ClH/c12-6-3-7(9(13)15-4-6)10-16-8(5-18-10)11-14-1-2-17-11;;/h1-5H,12H2,(H2,13,15);2*1H. The second-order valence-electron chi connectivity index (χ2n) is 3.58. The minimum Gasteiger partial charge on any atom is -0.397 e. The summed E-state index contributed by atoms with van der Waals surface area (Å²) in [6, 6.07) is 1.78. The SMILES string of the molecule is Cl.Cl.Nc1cnc(N)c(-c2nc(-c3nccs3)cs2)c1. The maximum Gasteiger partial charge on any atom is 0.142 e. The average molecular weight is 348 g/mol. The average Bonchev–Trinajstić information content (AvgIpc) is 3.00. The Labute approximate surface area is 135 Å². The maximum absolute atomic E-state index is 5.84. The first kappa shape index (κ1) is 16.6. The number of nitrogens with two attached hydrogens (primary N) is 2. The van der Waals surface area contributed by atoms with Crippen LogP contribution in [0.2, 0.25) is 0 Å². The lowest BCUT2D eigenvalue weighted by Gasteiger charge is -2.01. The molecular formula is C11H11Cl2N5S2.